The van der Waals surface area contributed by atoms with Gasteiger partial charge in [-0.05, 0) is 24.6 Å². The Morgan fingerprint density at radius 3 is 3.05 bits per heavy atom. The topological polar surface area (TPSA) is 60.6 Å². The standard InChI is InChI=1S/C14H19N3O2S/c1-18-5-2-6-19-11-8-17(9-11)14-16-12-4-3-10(15)7-13(12)20-14/h3-4,7,11H,2,5-6,8-9,15H2,1H3. The van der Waals surface area contributed by atoms with Gasteiger partial charge in [-0.15, -0.1) is 0 Å². The number of hydrogen-bond acceptors (Lipinski definition) is 6. The van der Waals surface area contributed by atoms with Gasteiger partial charge < -0.3 is 20.1 Å². The minimum Gasteiger partial charge on any atom is -0.399 e. The average Bonchev–Trinajstić information content (AvgIpc) is 2.78. The molecule has 1 saturated heterocycles. The van der Waals surface area contributed by atoms with Crippen molar-refractivity contribution in [1.29, 1.82) is 0 Å². The Morgan fingerprint density at radius 2 is 2.25 bits per heavy atom. The Hall–Kier alpha value is -1.37. The van der Waals surface area contributed by atoms with E-state index in [2.05, 4.69) is 9.88 Å². The first kappa shape index (κ1) is 13.6. The SMILES string of the molecule is COCCCOC1CN(c2nc3ccc(N)cc3s2)C1. The maximum atomic E-state index is 5.79. The van der Waals surface area contributed by atoms with E-state index in [9.17, 15) is 0 Å². The number of nitrogens with two attached hydrogens (primary N) is 1. The number of nitrogens with zero attached hydrogens (tertiary/aromatic N) is 2. The summed E-state index contributed by atoms with van der Waals surface area (Å²) < 4.78 is 11.9. The fourth-order valence-electron chi connectivity index (χ4n) is 2.22. The quantitative estimate of drug-likeness (QED) is 0.653. The zero-order chi connectivity index (χ0) is 13.9. The highest BCUT2D eigenvalue weighted by molar-refractivity contribution is 7.22. The number of rotatable bonds is 6. The predicted octanol–water partition coefficient (Wildman–Crippen LogP) is 2.12. The molecule has 0 atom stereocenters. The van der Waals surface area contributed by atoms with Crippen molar-refractivity contribution in [2.75, 3.05) is 44.0 Å². The third kappa shape index (κ3) is 2.87. The Morgan fingerprint density at radius 1 is 1.40 bits per heavy atom. The van der Waals surface area contributed by atoms with E-state index < -0.39 is 0 Å². The van der Waals surface area contributed by atoms with E-state index in [1.807, 2.05) is 18.2 Å². The molecule has 1 aromatic carbocycles. The monoisotopic (exact) mass is 293 g/mol. The van der Waals surface area contributed by atoms with Gasteiger partial charge >= 0.3 is 0 Å². The minimum absolute atomic E-state index is 0.323. The molecule has 5 nitrogen and oxygen atoms in total. The van der Waals surface area contributed by atoms with Gasteiger partial charge in [0.2, 0.25) is 0 Å². The second-order valence-electron chi connectivity index (χ2n) is 4.97. The van der Waals surface area contributed by atoms with Crippen LogP contribution in [-0.4, -0.2) is 44.5 Å². The molecule has 20 heavy (non-hydrogen) atoms. The Kier molecular flexibility index (Phi) is 4.05. The van der Waals surface area contributed by atoms with E-state index in [0.717, 1.165) is 53.8 Å². The first-order chi connectivity index (χ1) is 9.76. The smallest absolute Gasteiger partial charge is 0.186 e. The van der Waals surface area contributed by atoms with Crippen molar-refractivity contribution in [2.24, 2.45) is 0 Å². The third-order valence-corrected chi connectivity index (χ3v) is 4.45. The summed E-state index contributed by atoms with van der Waals surface area (Å²) in [5, 5.41) is 1.06. The van der Waals surface area contributed by atoms with E-state index in [1.165, 1.54) is 0 Å². The molecule has 0 unspecified atom stereocenters. The Balaban J connectivity index is 1.53. The number of thiazole rings is 1. The lowest BCUT2D eigenvalue weighted by atomic mass is 10.2. The molecule has 0 bridgehead atoms. The lowest BCUT2D eigenvalue weighted by molar-refractivity contribution is 0.0233. The summed E-state index contributed by atoms with van der Waals surface area (Å²) in [6.07, 6.45) is 1.27. The van der Waals surface area contributed by atoms with Gasteiger partial charge in [-0.2, -0.15) is 0 Å². The molecule has 1 aromatic heterocycles. The van der Waals surface area contributed by atoms with E-state index >= 15 is 0 Å². The second kappa shape index (κ2) is 5.95. The summed E-state index contributed by atoms with van der Waals surface area (Å²) in [6, 6.07) is 5.85. The van der Waals surface area contributed by atoms with Crippen molar-refractivity contribution in [3.63, 3.8) is 0 Å². The molecule has 0 saturated carbocycles. The summed E-state index contributed by atoms with van der Waals surface area (Å²) in [7, 11) is 1.71. The molecule has 3 rings (SSSR count). The molecular formula is C14H19N3O2S. The summed E-state index contributed by atoms with van der Waals surface area (Å²) in [5.41, 5.74) is 7.60. The fourth-order valence-corrected chi connectivity index (χ4v) is 3.25. The van der Waals surface area contributed by atoms with Crippen molar-refractivity contribution in [3.05, 3.63) is 18.2 Å². The van der Waals surface area contributed by atoms with Gasteiger partial charge in [-0.3, -0.25) is 0 Å². The summed E-state index contributed by atoms with van der Waals surface area (Å²) in [4.78, 5) is 6.89. The van der Waals surface area contributed by atoms with Crippen molar-refractivity contribution in [2.45, 2.75) is 12.5 Å². The molecule has 0 spiro atoms. The van der Waals surface area contributed by atoms with Crippen LogP contribution in [0, 0.1) is 0 Å². The molecule has 1 fully saturated rings. The first-order valence-electron chi connectivity index (χ1n) is 6.78. The van der Waals surface area contributed by atoms with Crippen LogP contribution in [-0.2, 0) is 9.47 Å². The van der Waals surface area contributed by atoms with Crippen LogP contribution in [0.1, 0.15) is 6.42 Å². The van der Waals surface area contributed by atoms with Crippen LogP contribution in [0.15, 0.2) is 18.2 Å². The van der Waals surface area contributed by atoms with Crippen LogP contribution in [0.4, 0.5) is 10.8 Å². The number of hydrogen-bond donors (Lipinski definition) is 1. The maximum absolute atomic E-state index is 5.79. The number of fused-ring (bicyclic) bond motifs is 1. The number of aromatic nitrogens is 1. The van der Waals surface area contributed by atoms with Crippen LogP contribution in [0.25, 0.3) is 10.2 Å². The molecule has 2 aromatic rings. The van der Waals surface area contributed by atoms with E-state index in [-0.39, 0.29) is 0 Å². The number of benzene rings is 1. The van der Waals surface area contributed by atoms with Gasteiger partial charge in [0.25, 0.3) is 0 Å². The molecular weight excluding hydrogens is 274 g/mol. The second-order valence-corrected chi connectivity index (χ2v) is 5.98. The van der Waals surface area contributed by atoms with Crippen LogP contribution >= 0.6 is 11.3 Å². The lowest BCUT2D eigenvalue weighted by Gasteiger charge is -2.38. The number of methoxy groups -OCH3 is 1. The molecule has 1 aliphatic rings. The third-order valence-electron chi connectivity index (χ3n) is 3.37. The molecule has 0 amide bonds. The van der Waals surface area contributed by atoms with Gasteiger partial charge in [0.15, 0.2) is 5.13 Å². The van der Waals surface area contributed by atoms with Crippen molar-refractivity contribution in [3.8, 4) is 0 Å². The molecule has 0 radical (unpaired) electrons. The molecule has 2 N–H and O–H groups in total. The predicted molar refractivity (Wildman–Crippen MR) is 82.5 cm³/mol. The van der Waals surface area contributed by atoms with E-state index in [1.54, 1.807) is 18.4 Å². The van der Waals surface area contributed by atoms with Gasteiger partial charge in [0, 0.05) is 39.1 Å². The summed E-state index contributed by atoms with van der Waals surface area (Å²) in [6.45, 7) is 3.36. The van der Waals surface area contributed by atoms with Gasteiger partial charge in [-0.25, -0.2) is 4.98 Å². The Bertz CT molecular complexity index is 581. The van der Waals surface area contributed by atoms with Crippen molar-refractivity contribution >= 4 is 32.4 Å². The van der Waals surface area contributed by atoms with E-state index in [4.69, 9.17) is 15.2 Å². The van der Waals surface area contributed by atoms with E-state index in [0.29, 0.717) is 6.10 Å². The fraction of sp³-hybridized carbons (Fsp3) is 0.500. The van der Waals surface area contributed by atoms with Crippen LogP contribution in [0.2, 0.25) is 0 Å². The molecule has 108 valence electrons. The lowest BCUT2D eigenvalue weighted by Crippen LogP contribution is -2.52. The zero-order valence-electron chi connectivity index (χ0n) is 11.5. The minimum atomic E-state index is 0.323. The van der Waals surface area contributed by atoms with Gasteiger partial charge in [-0.1, -0.05) is 11.3 Å². The van der Waals surface area contributed by atoms with Crippen LogP contribution < -0.4 is 10.6 Å². The van der Waals surface area contributed by atoms with Crippen LogP contribution in [0.3, 0.4) is 0 Å². The highest BCUT2D eigenvalue weighted by atomic mass is 32.1. The molecule has 0 aliphatic carbocycles. The van der Waals surface area contributed by atoms with Gasteiger partial charge in [0.1, 0.15) is 0 Å². The highest BCUT2D eigenvalue weighted by Crippen LogP contribution is 2.32. The maximum Gasteiger partial charge on any atom is 0.186 e. The number of nitrogen functional groups attached to an aromatic ring is 1. The highest BCUT2D eigenvalue weighted by Gasteiger charge is 2.29. The number of ether oxygens (including phenoxy) is 2. The molecule has 6 heteroatoms. The summed E-state index contributed by atoms with van der Waals surface area (Å²) >= 11 is 1.69. The largest absolute Gasteiger partial charge is 0.399 e. The molecule has 2 heterocycles. The Labute approximate surface area is 122 Å². The average molecular weight is 293 g/mol. The molecule has 1 aliphatic heterocycles. The zero-order valence-corrected chi connectivity index (χ0v) is 12.4. The number of anilines is 2. The van der Waals surface area contributed by atoms with Crippen molar-refractivity contribution in [1.82, 2.24) is 4.98 Å². The summed E-state index contributed by atoms with van der Waals surface area (Å²) in [5.74, 6) is 0. The van der Waals surface area contributed by atoms with Crippen LogP contribution in [0.5, 0.6) is 0 Å². The normalized spacial score (nSPS) is 15.8. The van der Waals surface area contributed by atoms with Gasteiger partial charge in [0.05, 0.1) is 16.3 Å². The van der Waals surface area contributed by atoms with Crippen molar-refractivity contribution < 1.29 is 9.47 Å². The first-order valence-corrected chi connectivity index (χ1v) is 7.59.